The third-order valence-electron chi connectivity index (χ3n) is 3.36. The van der Waals surface area contributed by atoms with E-state index in [-0.39, 0.29) is 0 Å². The fourth-order valence-electron chi connectivity index (χ4n) is 2.25. The van der Waals surface area contributed by atoms with Gasteiger partial charge in [0.15, 0.2) is 0 Å². The molecule has 1 N–H and O–H groups in total. The van der Waals surface area contributed by atoms with Crippen molar-refractivity contribution in [2.45, 2.75) is 54.1 Å². The van der Waals surface area contributed by atoms with Crippen LogP contribution < -0.4 is 10.2 Å². The number of benzene rings is 1. The molecule has 0 amide bonds. The Morgan fingerprint density at radius 2 is 1.84 bits per heavy atom. The average Bonchev–Trinajstić information content (AvgIpc) is 2.34. The largest absolute Gasteiger partial charge is 0.372 e. The highest BCUT2D eigenvalue weighted by molar-refractivity contribution is 5.50. The summed E-state index contributed by atoms with van der Waals surface area (Å²) in [6.45, 7) is 16.5. The number of anilines is 1. The molecule has 1 aromatic rings. The van der Waals surface area contributed by atoms with Crippen molar-refractivity contribution in [1.29, 1.82) is 0 Å². The van der Waals surface area contributed by atoms with E-state index in [1.54, 1.807) is 0 Å². The van der Waals surface area contributed by atoms with E-state index in [0.717, 1.165) is 19.6 Å². The molecule has 19 heavy (non-hydrogen) atoms. The molecule has 1 rings (SSSR count). The summed E-state index contributed by atoms with van der Waals surface area (Å²) in [4.78, 5) is 2.46. The summed E-state index contributed by atoms with van der Waals surface area (Å²) < 4.78 is 0. The van der Waals surface area contributed by atoms with E-state index >= 15 is 0 Å². The zero-order chi connectivity index (χ0) is 14.4. The van der Waals surface area contributed by atoms with Crippen molar-refractivity contribution in [3.63, 3.8) is 0 Å². The fraction of sp³-hybridized carbons (Fsp3) is 0.647. The van der Waals surface area contributed by atoms with Gasteiger partial charge >= 0.3 is 0 Å². The number of nitrogens with zero attached hydrogens (tertiary/aromatic N) is 1. The summed E-state index contributed by atoms with van der Waals surface area (Å²) in [6, 6.07) is 7.38. The first-order valence-electron chi connectivity index (χ1n) is 7.51. The van der Waals surface area contributed by atoms with Crippen LogP contribution in [0.5, 0.6) is 0 Å². The van der Waals surface area contributed by atoms with Gasteiger partial charge in [-0.25, -0.2) is 0 Å². The Hall–Kier alpha value is -1.02. The minimum Gasteiger partial charge on any atom is -0.372 e. The molecule has 0 aliphatic heterocycles. The lowest BCUT2D eigenvalue weighted by atomic mass is 10.1. The second kappa shape index (κ2) is 7.54. The van der Waals surface area contributed by atoms with Gasteiger partial charge in [-0.05, 0) is 43.0 Å². The number of aryl methyl sites for hydroxylation is 1. The molecule has 0 saturated heterocycles. The van der Waals surface area contributed by atoms with Crippen LogP contribution >= 0.6 is 0 Å². The van der Waals surface area contributed by atoms with Crippen molar-refractivity contribution in [3.8, 4) is 0 Å². The molecule has 0 aliphatic rings. The molecule has 0 unspecified atom stereocenters. The van der Waals surface area contributed by atoms with Crippen LogP contribution in [0.2, 0.25) is 0 Å². The van der Waals surface area contributed by atoms with Gasteiger partial charge in [0.1, 0.15) is 0 Å². The molecule has 1 aromatic carbocycles. The van der Waals surface area contributed by atoms with Crippen LogP contribution in [0.15, 0.2) is 18.2 Å². The van der Waals surface area contributed by atoms with Crippen LogP contribution in [-0.4, -0.2) is 19.1 Å². The normalized spacial score (nSPS) is 11.4. The SMILES string of the molecule is CCN(CC(C)C)c1ccc(CNC(C)C)c(C)c1. The first-order valence-corrected chi connectivity index (χ1v) is 7.51. The lowest BCUT2D eigenvalue weighted by molar-refractivity contribution is 0.587. The highest BCUT2D eigenvalue weighted by atomic mass is 15.1. The Kier molecular flexibility index (Phi) is 6.36. The molecule has 0 heterocycles. The van der Waals surface area contributed by atoms with Crippen molar-refractivity contribution in [3.05, 3.63) is 29.3 Å². The summed E-state index contributed by atoms with van der Waals surface area (Å²) in [5, 5.41) is 3.48. The second-order valence-corrected chi connectivity index (χ2v) is 6.08. The second-order valence-electron chi connectivity index (χ2n) is 6.08. The zero-order valence-electron chi connectivity index (χ0n) is 13.5. The minimum absolute atomic E-state index is 0.534. The Bertz CT molecular complexity index is 383. The summed E-state index contributed by atoms with van der Waals surface area (Å²) in [6.07, 6.45) is 0. The summed E-state index contributed by atoms with van der Waals surface area (Å²) >= 11 is 0. The molecule has 2 nitrogen and oxygen atoms in total. The van der Waals surface area contributed by atoms with E-state index in [0.29, 0.717) is 12.0 Å². The lowest BCUT2D eigenvalue weighted by Gasteiger charge is -2.26. The van der Waals surface area contributed by atoms with Crippen LogP contribution in [0.3, 0.4) is 0 Å². The van der Waals surface area contributed by atoms with Gasteiger partial charge in [0.2, 0.25) is 0 Å². The number of hydrogen-bond donors (Lipinski definition) is 1. The monoisotopic (exact) mass is 262 g/mol. The van der Waals surface area contributed by atoms with E-state index in [2.05, 4.69) is 70.0 Å². The molecule has 0 atom stereocenters. The molecule has 0 spiro atoms. The molecule has 0 fully saturated rings. The van der Waals surface area contributed by atoms with Crippen molar-refractivity contribution in [2.75, 3.05) is 18.0 Å². The van der Waals surface area contributed by atoms with Gasteiger partial charge in [-0.3, -0.25) is 0 Å². The van der Waals surface area contributed by atoms with E-state index in [1.165, 1.54) is 16.8 Å². The van der Waals surface area contributed by atoms with Crippen molar-refractivity contribution < 1.29 is 0 Å². The molecule has 0 bridgehead atoms. The average molecular weight is 262 g/mol. The van der Waals surface area contributed by atoms with Crippen molar-refractivity contribution in [2.24, 2.45) is 5.92 Å². The molecule has 0 radical (unpaired) electrons. The van der Waals surface area contributed by atoms with Gasteiger partial charge in [-0.1, -0.05) is 33.8 Å². The van der Waals surface area contributed by atoms with Gasteiger partial charge in [-0.15, -0.1) is 0 Å². The Balaban J connectivity index is 2.79. The third kappa shape index (κ3) is 5.23. The number of rotatable bonds is 7. The lowest BCUT2D eigenvalue weighted by Crippen LogP contribution is -2.27. The molecule has 108 valence electrons. The third-order valence-corrected chi connectivity index (χ3v) is 3.36. The molecule has 0 saturated carbocycles. The van der Waals surface area contributed by atoms with Crippen LogP contribution in [0.25, 0.3) is 0 Å². The van der Waals surface area contributed by atoms with Gasteiger partial charge in [-0.2, -0.15) is 0 Å². The molecule has 0 aliphatic carbocycles. The summed E-state index contributed by atoms with van der Waals surface area (Å²) in [5.41, 5.74) is 4.13. The maximum Gasteiger partial charge on any atom is 0.0369 e. The van der Waals surface area contributed by atoms with Gasteiger partial charge < -0.3 is 10.2 Å². The maximum atomic E-state index is 3.48. The molecule has 2 heteroatoms. The maximum absolute atomic E-state index is 3.48. The van der Waals surface area contributed by atoms with Crippen molar-refractivity contribution in [1.82, 2.24) is 5.32 Å². The van der Waals surface area contributed by atoms with Crippen LogP contribution in [-0.2, 0) is 6.54 Å². The van der Waals surface area contributed by atoms with Gasteiger partial charge in [0, 0.05) is 31.4 Å². The van der Waals surface area contributed by atoms with Crippen LogP contribution in [0, 0.1) is 12.8 Å². The standard InChI is InChI=1S/C17H30N2/c1-7-19(12-13(2)3)17-9-8-16(15(6)10-17)11-18-14(4)5/h8-10,13-14,18H,7,11-12H2,1-6H3. The van der Waals surface area contributed by atoms with E-state index in [9.17, 15) is 0 Å². The molecular weight excluding hydrogens is 232 g/mol. The minimum atomic E-state index is 0.534. The highest BCUT2D eigenvalue weighted by Crippen LogP contribution is 2.20. The quantitative estimate of drug-likeness (QED) is 0.799. The Morgan fingerprint density at radius 1 is 1.16 bits per heavy atom. The summed E-state index contributed by atoms with van der Waals surface area (Å²) in [7, 11) is 0. The molecule has 0 aromatic heterocycles. The number of hydrogen-bond acceptors (Lipinski definition) is 2. The first-order chi connectivity index (χ1) is 8.93. The van der Waals surface area contributed by atoms with E-state index < -0.39 is 0 Å². The first kappa shape index (κ1) is 16.0. The van der Waals surface area contributed by atoms with Gasteiger partial charge in [0.05, 0.1) is 0 Å². The smallest absolute Gasteiger partial charge is 0.0369 e. The van der Waals surface area contributed by atoms with E-state index in [1.807, 2.05) is 0 Å². The predicted molar refractivity (Wildman–Crippen MR) is 85.9 cm³/mol. The topological polar surface area (TPSA) is 15.3 Å². The fourth-order valence-corrected chi connectivity index (χ4v) is 2.25. The Labute approximate surface area is 119 Å². The van der Waals surface area contributed by atoms with Gasteiger partial charge in [0.25, 0.3) is 0 Å². The van der Waals surface area contributed by atoms with Crippen LogP contribution in [0.1, 0.15) is 45.7 Å². The summed E-state index contributed by atoms with van der Waals surface area (Å²) in [5.74, 6) is 0.697. The number of nitrogens with one attached hydrogen (secondary N) is 1. The van der Waals surface area contributed by atoms with Crippen LogP contribution in [0.4, 0.5) is 5.69 Å². The zero-order valence-corrected chi connectivity index (χ0v) is 13.5. The molecular formula is C17H30N2. The highest BCUT2D eigenvalue weighted by Gasteiger charge is 2.08. The van der Waals surface area contributed by atoms with E-state index in [4.69, 9.17) is 0 Å². The predicted octanol–water partition coefficient (Wildman–Crippen LogP) is 3.98. The Morgan fingerprint density at radius 3 is 2.32 bits per heavy atom. The van der Waals surface area contributed by atoms with Crippen molar-refractivity contribution >= 4 is 5.69 Å².